The van der Waals surface area contributed by atoms with E-state index in [1.54, 1.807) is 0 Å². The predicted molar refractivity (Wildman–Crippen MR) is 53.9 cm³/mol. The Hall–Kier alpha value is -0.870. The molecule has 2 unspecified atom stereocenters. The first-order valence-corrected chi connectivity index (χ1v) is 5.22. The van der Waals surface area contributed by atoms with Crippen LogP contribution in [-0.4, -0.2) is 34.5 Å². The summed E-state index contributed by atoms with van der Waals surface area (Å²) in [4.78, 5) is 0. The van der Waals surface area contributed by atoms with Crippen LogP contribution in [0.5, 0.6) is 0 Å². The SMILES string of the molecule is OC1CCCNCC1Cc1cn[nH]c1. The third-order valence-electron chi connectivity index (χ3n) is 2.86. The summed E-state index contributed by atoms with van der Waals surface area (Å²) in [6.45, 7) is 1.94. The zero-order chi connectivity index (χ0) is 9.80. The van der Waals surface area contributed by atoms with Crippen molar-refractivity contribution in [1.82, 2.24) is 15.5 Å². The minimum absolute atomic E-state index is 0.167. The fourth-order valence-corrected chi connectivity index (χ4v) is 2.00. The molecule has 0 aromatic carbocycles. The van der Waals surface area contributed by atoms with Crippen LogP contribution in [0.25, 0.3) is 0 Å². The summed E-state index contributed by atoms with van der Waals surface area (Å²) >= 11 is 0. The number of nitrogens with one attached hydrogen (secondary N) is 2. The van der Waals surface area contributed by atoms with Crippen LogP contribution in [0.15, 0.2) is 12.4 Å². The van der Waals surface area contributed by atoms with Crippen LogP contribution in [0, 0.1) is 5.92 Å². The van der Waals surface area contributed by atoms with E-state index in [9.17, 15) is 5.11 Å². The number of aliphatic hydroxyl groups is 1. The van der Waals surface area contributed by atoms with E-state index in [1.807, 2.05) is 12.4 Å². The molecule has 1 aromatic rings. The number of H-pyrrole nitrogens is 1. The van der Waals surface area contributed by atoms with Gasteiger partial charge in [-0.2, -0.15) is 5.10 Å². The molecule has 0 aliphatic carbocycles. The highest BCUT2D eigenvalue weighted by Gasteiger charge is 2.21. The Bertz CT molecular complexity index is 260. The minimum atomic E-state index is -0.167. The summed E-state index contributed by atoms with van der Waals surface area (Å²) in [7, 11) is 0. The molecule has 78 valence electrons. The third-order valence-corrected chi connectivity index (χ3v) is 2.86. The minimum Gasteiger partial charge on any atom is -0.393 e. The van der Waals surface area contributed by atoms with E-state index >= 15 is 0 Å². The van der Waals surface area contributed by atoms with Gasteiger partial charge in [-0.3, -0.25) is 5.10 Å². The van der Waals surface area contributed by atoms with Crippen LogP contribution in [0.1, 0.15) is 18.4 Å². The average molecular weight is 195 g/mol. The predicted octanol–water partition coefficient (Wildman–Crippen LogP) is 0.313. The van der Waals surface area contributed by atoms with E-state index < -0.39 is 0 Å². The summed E-state index contributed by atoms with van der Waals surface area (Å²) in [6, 6.07) is 0. The lowest BCUT2D eigenvalue weighted by Crippen LogP contribution is -2.29. The van der Waals surface area contributed by atoms with Crippen molar-refractivity contribution >= 4 is 0 Å². The van der Waals surface area contributed by atoms with E-state index in [4.69, 9.17) is 0 Å². The molecule has 4 nitrogen and oxygen atoms in total. The summed E-state index contributed by atoms with van der Waals surface area (Å²) < 4.78 is 0. The molecule has 2 rings (SSSR count). The molecule has 1 fully saturated rings. The van der Waals surface area contributed by atoms with Crippen molar-refractivity contribution in [2.75, 3.05) is 13.1 Å². The Morgan fingerprint density at radius 2 is 2.50 bits per heavy atom. The first-order valence-electron chi connectivity index (χ1n) is 5.22. The zero-order valence-electron chi connectivity index (χ0n) is 8.24. The zero-order valence-corrected chi connectivity index (χ0v) is 8.24. The molecule has 0 saturated carbocycles. The van der Waals surface area contributed by atoms with E-state index in [-0.39, 0.29) is 6.10 Å². The van der Waals surface area contributed by atoms with Crippen molar-refractivity contribution in [3.63, 3.8) is 0 Å². The first kappa shape index (κ1) is 9.68. The highest BCUT2D eigenvalue weighted by Crippen LogP contribution is 2.16. The number of aromatic amines is 1. The van der Waals surface area contributed by atoms with E-state index in [2.05, 4.69) is 15.5 Å². The van der Waals surface area contributed by atoms with Gasteiger partial charge in [-0.25, -0.2) is 0 Å². The quantitative estimate of drug-likeness (QED) is 0.636. The fraction of sp³-hybridized carbons (Fsp3) is 0.700. The second-order valence-electron chi connectivity index (χ2n) is 3.98. The van der Waals surface area contributed by atoms with Crippen LogP contribution < -0.4 is 5.32 Å². The number of nitrogens with zero attached hydrogens (tertiary/aromatic N) is 1. The van der Waals surface area contributed by atoms with Gasteiger partial charge in [0.1, 0.15) is 0 Å². The fourth-order valence-electron chi connectivity index (χ4n) is 2.00. The van der Waals surface area contributed by atoms with Crippen molar-refractivity contribution in [3.8, 4) is 0 Å². The lowest BCUT2D eigenvalue weighted by molar-refractivity contribution is 0.106. The molecule has 1 aliphatic heterocycles. The Kier molecular flexibility index (Phi) is 3.16. The van der Waals surface area contributed by atoms with E-state index in [0.717, 1.165) is 32.4 Å². The van der Waals surface area contributed by atoms with Gasteiger partial charge in [0, 0.05) is 18.7 Å². The standard InChI is InChI=1S/C10H17N3O/c14-10-2-1-3-11-7-9(10)4-8-5-12-13-6-8/h5-6,9-11,14H,1-4,7H2,(H,12,13). The molecule has 2 heterocycles. The van der Waals surface area contributed by atoms with Gasteiger partial charge < -0.3 is 10.4 Å². The van der Waals surface area contributed by atoms with Crippen LogP contribution in [0.4, 0.5) is 0 Å². The largest absolute Gasteiger partial charge is 0.393 e. The Labute approximate surface area is 83.7 Å². The highest BCUT2D eigenvalue weighted by atomic mass is 16.3. The van der Waals surface area contributed by atoms with Gasteiger partial charge in [0.2, 0.25) is 0 Å². The van der Waals surface area contributed by atoms with Crippen molar-refractivity contribution in [2.24, 2.45) is 5.92 Å². The molecule has 1 aliphatic rings. The molecule has 2 atom stereocenters. The normalized spacial score (nSPS) is 28.6. The number of hydrogen-bond donors (Lipinski definition) is 3. The topological polar surface area (TPSA) is 60.9 Å². The third kappa shape index (κ3) is 2.33. The second kappa shape index (κ2) is 4.57. The van der Waals surface area contributed by atoms with Crippen LogP contribution in [-0.2, 0) is 6.42 Å². The second-order valence-corrected chi connectivity index (χ2v) is 3.98. The summed E-state index contributed by atoms with van der Waals surface area (Å²) in [5.74, 6) is 0.329. The van der Waals surface area contributed by atoms with Crippen molar-refractivity contribution in [3.05, 3.63) is 18.0 Å². The van der Waals surface area contributed by atoms with E-state index in [1.165, 1.54) is 5.56 Å². The van der Waals surface area contributed by atoms with Crippen molar-refractivity contribution in [1.29, 1.82) is 0 Å². The number of aromatic nitrogens is 2. The van der Waals surface area contributed by atoms with Gasteiger partial charge in [0.15, 0.2) is 0 Å². The van der Waals surface area contributed by atoms with Crippen LogP contribution >= 0.6 is 0 Å². The Morgan fingerprint density at radius 3 is 3.29 bits per heavy atom. The Balaban J connectivity index is 1.94. The molecule has 1 aromatic heterocycles. The molecule has 0 spiro atoms. The smallest absolute Gasteiger partial charge is 0.0584 e. The Morgan fingerprint density at radius 1 is 1.57 bits per heavy atom. The lowest BCUT2D eigenvalue weighted by atomic mass is 9.94. The molecule has 14 heavy (non-hydrogen) atoms. The summed E-state index contributed by atoms with van der Waals surface area (Å²) in [5.41, 5.74) is 1.18. The van der Waals surface area contributed by atoms with Crippen LogP contribution in [0.2, 0.25) is 0 Å². The molecular formula is C10H17N3O. The van der Waals surface area contributed by atoms with E-state index in [0.29, 0.717) is 5.92 Å². The van der Waals surface area contributed by atoms with Crippen molar-refractivity contribution in [2.45, 2.75) is 25.4 Å². The highest BCUT2D eigenvalue weighted by molar-refractivity contribution is 5.04. The average Bonchev–Trinajstić information content (AvgIpc) is 2.60. The van der Waals surface area contributed by atoms with Gasteiger partial charge in [0.05, 0.1) is 12.3 Å². The molecule has 0 radical (unpaired) electrons. The number of aliphatic hydroxyl groups excluding tert-OH is 1. The van der Waals surface area contributed by atoms with Gasteiger partial charge in [0.25, 0.3) is 0 Å². The summed E-state index contributed by atoms with van der Waals surface area (Å²) in [6.07, 6.45) is 6.46. The molecule has 3 N–H and O–H groups in total. The van der Waals surface area contributed by atoms with Crippen molar-refractivity contribution < 1.29 is 5.11 Å². The van der Waals surface area contributed by atoms with Crippen LogP contribution in [0.3, 0.4) is 0 Å². The van der Waals surface area contributed by atoms with Gasteiger partial charge in [-0.1, -0.05) is 0 Å². The van der Waals surface area contributed by atoms with Gasteiger partial charge in [-0.05, 0) is 31.4 Å². The summed E-state index contributed by atoms with van der Waals surface area (Å²) in [5, 5.41) is 19.9. The molecule has 1 saturated heterocycles. The number of hydrogen-bond acceptors (Lipinski definition) is 3. The lowest BCUT2D eigenvalue weighted by Gasteiger charge is -2.19. The van der Waals surface area contributed by atoms with Gasteiger partial charge >= 0.3 is 0 Å². The maximum Gasteiger partial charge on any atom is 0.0584 e. The van der Waals surface area contributed by atoms with Gasteiger partial charge in [-0.15, -0.1) is 0 Å². The molecule has 0 bridgehead atoms. The molecular weight excluding hydrogens is 178 g/mol. The number of rotatable bonds is 2. The maximum absolute atomic E-state index is 9.88. The monoisotopic (exact) mass is 195 g/mol. The first-order chi connectivity index (χ1) is 6.86. The maximum atomic E-state index is 9.88. The molecule has 0 amide bonds. The molecule has 4 heteroatoms.